The van der Waals surface area contributed by atoms with E-state index in [0.717, 1.165) is 5.57 Å². The molecule has 0 rings (SSSR count). The van der Waals surface area contributed by atoms with Gasteiger partial charge in [-0.1, -0.05) is 33.4 Å². The van der Waals surface area contributed by atoms with E-state index in [4.69, 9.17) is 0 Å². The standard InChI is InChI=1S/C11H18N2/c1-6-10(11(3,4)5)8-13-9-12-7-2/h6-9H,1H2,2-5H3/b10-8+,12-7+,13-9-. The first-order valence-corrected chi connectivity index (χ1v) is 4.35. The highest BCUT2D eigenvalue weighted by Gasteiger charge is 2.13. The van der Waals surface area contributed by atoms with Crippen LogP contribution in [0.3, 0.4) is 0 Å². The average molecular weight is 178 g/mol. The fourth-order valence-electron chi connectivity index (χ4n) is 0.771. The minimum absolute atomic E-state index is 0.0923. The lowest BCUT2D eigenvalue weighted by Gasteiger charge is -2.18. The highest BCUT2D eigenvalue weighted by atomic mass is 14.8. The number of aliphatic imine (C=N–C) groups is 2. The van der Waals surface area contributed by atoms with Crippen molar-refractivity contribution in [3.8, 4) is 0 Å². The highest BCUT2D eigenvalue weighted by Crippen LogP contribution is 2.25. The van der Waals surface area contributed by atoms with Gasteiger partial charge in [0.05, 0.1) is 0 Å². The Morgan fingerprint density at radius 2 is 1.85 bits per heavy atom. The second-order valence-electron chi connectivity index (χ2n) is 3.71. The van der Waals surface area contributed by atoms with Gasteiger partial charge in [-0.05, 0) is 17.9 Å². The first-order valence-electron chi connectivity index (χ1n) is 4.35. The van der Waals surface area contributed by atoms with Crippen LogP contribution >= 0.6 is 0 Å². The summed E-state index contributed by atoms with van der Waals surface area (Å²) in [6, 6.07) is 0. The summed E-state index contributed by atoms with van der Waals surface area (Å²) in [7, 11) is 0. The molecule has 72 valence electrons. The second kappa shape index (κ2) is 5.46. The predicted octanol–water partition coefficient (Wildman–Crippen LogP) is 3.22. The maximum atomic E-state index is 4.04. The van der Waals surface area contributed by atoms with E-state index in [1.54, 1.807) is 12.4 Å². The third-order valence-corrected chi connectivity index (χ3v) is 1.58. The molecule has 0 bridgehead atoms. The molecule has 0 unspecified atom stereocenters. The third kappa shape index (κ3) is 5.12. The molecule has 0 aliphatic rings. The van der Waals surface area contributed by atoms with Gasteiger partial charge in [-0.3, -0.25) is 0 Å². The maximum Gasteiger partial charge on any atom is 0.114 e. The van der Waals surface area contributed by atoms with Crippen LogP contribution in [0.25, 0.3) is 0 Å². The monoisotopic (exact) mass is 178 g/mol. The van der Waals surface area contributed by atoms with Crippen LogP contribution in [0.5, 0.6) is 0 Å². The van der Waals surface area contributed by atoms with Crippen molar-refractivity contribution in [3.05, 3.63) is 24.4 Å². The van der Waals surface area contributed by atoms with Gasteiger partial charge in [0.15, 0.2) is 0 Å². The van der Waals surface area contributed by atoms with Gasteiger partial charge in [0.1, 0.15) is 6.34 Å². The van der Waals surface area contributed by atoms with E-state index in [2.05, 4.69) is 37.3 Å². The molecular formula is C11H18N2. The van der Waals surface area contributed by atoms with Gasteiger partial charge >= 0.3 is 0 Å². The van der Waals surface area contributed by atoms with Crippen LogP contribution in [0.15, 0.2) is 34.4 Å². The molecule has 0 saturated heterocycles. The summed E-state index contributed by atoms with van der Waals surface area (Å²) < 4.78 is 0. The van der Waals surface area contributed by atoms with Gasteiger partial charge in [0.2, 0.25) is 0 Å². The quantitative estimate of drug-likeness (QED) is 0.360. The van der Waals surface area contributed by atoms with Gasteiger partial charge in [0, 0.05) is 12.4 Å². The summed E-state index contributed by atoms with van der Waals surface area (Å²) >= 11 is 0. The summed E-state index contributed by atoms with van der Waals surface area (Å²) in [6.45, 7) is 12.0. The topological polar surface area (TPSA) is 24.7 Å². The Hall–Kier alpha value is -1.18. The predicted molar refractivity (Wildman–Crippen MR) is 60.4 cm³/mol. The van der Waals surface area contributed by atoms with Gasteiger partial charge in [-0.15, -0.1) is 0 Å². The molecule has 0 aromatic carbocycles. The molecule has 0 fully saturated rings. The van der Waals surface area contributed by atoms with Gasteiger partial charge in [-0.25, -0.2) is 9.98 Å². The zero-order valence-corrected chi connectivity index (χ0v) is 8.91. The minimum Gasteiger partial charge on any atom is -0.250 e. The molecule has 0 aromatic heterocycles. The lowest BCUT2D eigenvalue weighted by atomic mass is 9.87. The number of hydrogen-bond donors (Lipinski definition) is 0. The maximum absolute atomic E-state index is 4.04. The van der Waals surface area contributed by atoms with E-state index in [0.29, 0.717) is 0 Å². The van der Waals surface area contributed by atoms with Crippen LogP contribution in [0.2, 0.25) is 0 Å². The molecule has 0 heterocycles. The summed E-state index contributed by atoms with van der Waals surface area (Å²) in [5.74, 6) is 0. The number of hydrogen-bond acceptors (Lipinski definition) is 1. The summed E-state index contributed by atoms with van der Waals surface area (Å²) in [5.41, 5.74) is 1.20. The molecule has 0 spiro atoms. The Balaban J connectivity index is 4.50. The molecule has 0 aliphatic heterocycles. The van der Waals surface area contributed by atoms with Gasteiger partial charge < -0.3 is 0 Å². The van der Waals surface area contributed by atoms with Crippen LogP contribution in [-0.4, -0.2) is 12.6 Å². The Kier molecular flexibility index (Phi) is 4.97. The second-order valence-corrected chi connectivity index (χ2v) is 3.71. The number of rotatable bonds is 3. The van der Waals surface area contributed by atoms with E-state index in [9.17, 15) is 0 Å². The summed E-state index contributed by atoms with van der Waals surface area (Å²) in [6.07, 6.45) is 6.84. The molecular weight excluding hydrogens is 160 g/mol. The fraction of sp³-hybridized carbons (Fsp3) is 0.455. The van der Waals surface area contributed by atoms with Crippen LogP contribution in [0.1, 0.15) is 27.7 Å². The largest absolute Gasteiger partial charge is 0.250 e. The normalized spacial score (nSPS) is 14.3. The zero-order valence-electron chi connectivity index (χ0n) is 8.91. The van der Waals surface area contributed by atoms with E-state index in [1.807, 2.05) is 13.0 Å². The zero-order chi connectivity index (χ0) is 10.3. The van der Waals surface area contributed by atoms with E-state index < -0.39 is 0 Å². The van der Waals surface area contributed by atoms with Crippen molar-refractivity contribution in [2.24, 2.45) is 15.4 Å². The molecule has 0 atom stereocenters. The highest BCUT2D eigenvalue weighted by molar-refractivity contribution is 5.70. The van der Waals surface area contributed by atoms with Crippen molar-refractivity contribution in [3.63, 3.8) is 0 Å². The minimum atomic E-state index is 0.0923. The van der Waals surface area contributed by atoms with E-state index in [1.165, 1.54) is 6.34 Å². The van der Waals surface area contributed by atoms with Gasteiger partial charge in [0.25, 0.3) is 0 Å². The third-order valence-electron chi connectivity index (χ3n) is 1.58. The Labute approximate surface area is 80.8 Å². The molecule has 0 amide bonds. The van der Waals surface area contributed by atoms with Crippen molar-refractivity contribution in [1.82, 2.24) is 0 Å². The van der Waals surface area contributed by atoms with Gasteiger partial charge in [-0.2, -0.15) is 0 Å². The van der Waals surface area contributed by atoms with Crippen molar-refractivity contribution in [2.75, 3.05) is 0 Å². The SMILES string of the molecule is C=C\C(=C/N=C\N=C\C)C(C)(C)C. The molecule has 0 aliphatic carbocycles. The average Bonchev–Trinajstić information content (AvgIpc) is 2.02. The Morgan fingerprint density at radius 3 is 2.23 bits per heavy atom. The summed E-state index contributed by atoms with van der Waals surface area (Å²) in [4.78, 5) is 7.91. The number of nitrogens with zero attached hydrogens (tertiary/aromatic N) is 2. The molecule has 13 heavy (non-hydrogen) atoms. The smallest absolute Gasteiger partial charge is 0.114 e. The van der Waals surface area contributed by atoms with Crippen molar-refractivity contribution < 1.29 is 0 Å². The molecule has 0 N–H and O–H groups in total. The molecule has 0 saturated carbocycles. The lowest BCUT2D eigenvalue weighted by molar-refractivity contribution is 0.516. The van der Waals surface area contributed by atoms with Crippen molar-refractivity contribution >= 4 is 12.6 Å². The first-order chi connectivity index (χ1) is 6.02. The van der Waals surface area contributed by atoms with E-state index >= 15 is 0 Å². The Morgan fingerprint density at radius 1 is 1.23 bits per heavy atom. The van der Waals surface area contributed by atoms with Crippen LogP contribution in [-0.2, 0) is 0 Å². The van der Waals surface area contributed by atoms with Crippen LogP contribution in [0.4, 0.5) is 0 Å². The van der Waals surface area contributed by atoms with E-state index in [-0.39, 0.29) is 5.41 Å². The Bertz CT molecular complexity index is 239. The lowest BCUT2D eigenvalue weighted by Crippen LogP contribution is -2.06. The first kappa shape index (κ1) is 11.8. The molecule has 2 heteroatoms. The van der Waals surface area contributed by atoms with Crippen molar-refractivity contribution in [2.45, 2.75) is 27.7 Å². The molecule has 2 nitrogen and oxygen atoms in total. The fourth-order valence-corrected chi connectivity index (χ4v) is 0.771. The van der Waals surface area contributed by atoms with Crippen LogP contribution in [0, 0.1) is 5.41 Å². The van der Waals surface area contributed by atoms with Crippen molar-refractivity contribution in [1.29, 1.82) is 0 Å². The summed E-state index contributed by atoms with van der Waals surface area (Å²) in [5, 5.41) is 0. The molecule has 0 radical (unpaired) electrons. The van der Waals surface area contributed by atoms with Crippen LogP contribution < -0.4 is 0 Å². The number of allylic oxidation sites excluding steroid dienone is 2. The molecule has 0 aromatic rings.